The van der Waals surface area contributed by atoms with Crippen LogP contribution in [0.5, 0.6) is 11.5 Å². The number of unbranched alkanes of at least 4 members (excludes halogenated alkanes) is 4. The van der Waals surface area contributed by atoms with Crippen molar-refractivity contribution in [3.05, 3.63) is 30.3 Å². The third-order valence-electron chi connectivity index (χ3n) is 5.32. The number of hydrogen-bond acceptors (Lipinski definition) is 6. The van der Waals surface area contributed by atoms with Gasteiger partial charge in [-0.2, -0.15) is 8.42 Å². The van der Waals surface area contributed by atoms with E-state index < -0.39 is 22.3 Å². The molecule has 0 aliphatic carbocycles. The fourth-order valence-corrected chi connectivity index (χ4v) is 4.38. The van der Waals surface area contributed by atoms with Crippen molar-refractivity contribution in [2.75, 3.05) is 13.2 Å². The molecule has 8 heteroatoms. The van der Waals surface area contributed by atoms with Gasteiger partial charge in [-0.3, -0.25) is 4.55 Å². The van der Waals surface area contributed by atoms with Gasteiger partial charge in [0.05, 0.1) is 12.2 Å². The Labute approximate surface area is 191 Å². The Morgan fingerprint density at radius 2 is 1.44 bits per heavy atom. The highest BCUT2D eigenvalue weighted by Gasteiger charge is 2.22. The molecule has 0 aliphatic heterocycles. The summed E-state index contributed by atoms with van der Waals surface area (Å²) in [4.78, 5) is -0.332. The second kappa shape index (κ2) is 13.0. The minimum atomic E-state index is -4.57. The van der Waals surface area contributed by atoms with Crippen molar-refractivity contribution in [3.8, 4) is 11.5 Å². The van der Waals surface area contributed by atoms with E-state index in [-0.39, 0.29) is 23.9 Å². The Balaban J connectivity index is 2.15. The Morgan fingerprint density at radius 1 is 0.844 bits per heavy atom. The molecule has 0 heterocycles. The molecule has 0 amide bonds. The number of rotatable bonds is 15. The Morgan fingerprint density at radius 3 is 2.00 bits per heavy atom. The van der Waals surface area contributed by atoms with Crippen molar-refractivity contribution < 1.29 is 32.7 Å². The molecule has 0 aromatic heterocycles. The van der Waals surface area contributed by atoms with Gasteiger partial charge in [-0.25, -0.2) is 0 Å². The second-order valence-electron chi connectivity index (χ2n) is 8.17. The maximum atomic E-state index is 12.1. The summed E-state index contributed by atoms with van der Waals surface area (Å²) in [5, 5.41) is 21.0. The van der Waals surface area contributed by atoms with Crippen molar-refractivity contribution in [1.82, 2.24) is 0 Å². The van der Waals surface area contributed by atoms with Crippen molar-refractivity contribution in [2.45, 2.75) is 82.3 Å². The number of aliphatic hydroxyl groups excluding tert-OH is 2. The van der Waals surface area contributed by atoms with Crippen LogP contribution in [-0.2, 0) is 10.1 Å². The molecule has 0 bridgehead atoms. The quantitative estimate of drug-likeness (QED) is 0.256. The van der Waals surface area contributed by atoms with Crippen LogP contribution in [0, 0.1) is 0 Å². The highest BCUT2D eigenvalue weighted by molar-refractivity contribution is 7.86. The second-order valence-corrected chi connectivity index (χ2v) is 9.53. The molecule has 0 saturated heterocycles. The first-order valence-electron chi connectivity index (χ1n) is 11.4. The van der Waals surface area contributed by atoms with Crippen molar-refractivity contribution in [2.24, 2.45) is 0 Å². The van der Waals surface area contributed by atoms with Gasteiger partial charge in [-0.05, 0) is 42.5 Å². The summed E-state index contributed by atoms with van der Waals surface area (Å²) in [6.07, 6.45) is 5.93. The molecule has 0 fully saturated rings. The number of fused-ring (bicyclic) bond motifs is 1. The lowest BCUT2D eigenvalue weighted by molar-refractivity contribution is 0.0961. The lowest BCUT2D eigenvalue weighted by Gasteiger charge is -2.16. The Bertz CT molecular complexity index is 943. The van der Waals surface area contributed by atoms with Crippen LogP contribution >= 0.6 is 0 Å². The van der Waals surface area contributed by atoms with Gasteiger partial charge in [0.2, 0.25) is 0 Å². The zero-order valence-electron chi connectivity index (χ0n) is 19.0. The minimum absolute atomic E-state index is 0.00504. The van der Waals surface area contributed by atoms with Gasteiger partial charge in [-0.15, -0.1) is 0 Å². The summed E-state index contributed by atoms with van der Waals surface area (Å²) in [5.41, 5.74) is 0. The normalized spacial score (nSPS) is 13.8. The number of hydrogen-bond donors (Lipinski definition) is 3. The van der Waals surface area contributed by atoms with Crippen LogP contribution in [0.1, 0.15) is 65.2 Å². The summed E-state index contributed by atoms with van der Waals surface area (Å²) >= 11 is 0. The van der Waals surface area contributed by atoms with E-state index in [9.17, 15) is 23.2 Å². The van der Waals surface area contributed by atoms with Crippen LogP contribution in [0.2, 0.25) is 0 Å². The van der Waals surface area contributed by atoms with Crippen LogP contribution in [0.15, 0.2) is 35.2 Å². The Hall–Kier alpha value is -1.87. The first kappa shape index (κ1) is 26.4. The monoisotopic (exact) mass is 468 g/mol. The third kappa shape index (κ3) is 8.24. The van der Waals surface area contributed by atoms with Crippen LogP contribution in [0.25, 0.3) is 10.8 Å². The zero-order chi connectivity index (χ0) is 23.6. The molecule has 2 rings (SSSR count). The molecule has 0 aliphatic rings. The van der Waals surface area contributed by atoms with Gasteiger partial charge in [0.1, 0.15) is 29.6 Å². The van der Waals surface area contributed by atoms with E-state index in [0.29, 0.717) is 29.4 Å². The van der Waals surface area contributed by atoms with E-state index in [0.717, 1.165) is 38.5 Å². The molecular formula is C24H36O7S. The Kier molecular flexibility index (Phi) is 10.7. The fourth-order valence-electron chi connectivity index (χ4n) is 3.53. The van der Waals surface area contributed by atoms with E-state index >= 15 is 0 Å². The van der Waals surface area contributed by atoms with Crippen molar-refractivity contribution in [3.63, 3.8) is 0 Å². The first-order chi connectivity index (χ1) is 15.3. The highest BCUT2D eigenvalue weighted by Crippen LogP contribution is 2.34. The minimum Gasteiger partial charge on any atom is -0.491 e. The van der Waals surface area contributed by atoms with Gasteiger partial charge in [0.15, 0.2) is 0 Å². The molecular weight excluding hydrogens is 432 g/mol. The van der Waals surface area contributed by atoms with Crippen LogP contribution in [-0.4, -0.2) is 48.6 Å². The van der Waals surface area contributed by atoms with Crippen LogP contribution in [0.4, 0.5) is 0 Å². The van der Waals surface area contributed by atoms with E-state index in [1.807, 2.05) is 0 Å². The average molecular weight is 469 g/mol. The lowest BCUT2D eigenvalue weighted by Crippen LogP contribution is -2.18. The molecule has 3 N–H and O–H groups in total. The zero-order valence-corrected chi connectivity index (χ0v) is 19.8. The van der Waals surface area contributed by atoms with Crippen LogP contribution in [0.3, 0.4) is 0 Å². The van der Waals surface area contributed by atoms with E-state index in [1.165, 1.54) is 6.07 Å². The summed E-state index contributed by atoms with van der Waals surface area (Å²) < 4.78 is 45.2. The molecule has 7 nitrogen and oxygen atoms in total. The van der Waals surface area contributed by atoms with E-state index in [1.54, 1.807) is 24.3 Å². The lowest BCUT2D eigenvalue weighted by atomic mass is 10.1. The van der Waals surface area contributed by atoms with Gasteiger partial charge in [-0.1, -0.05) is 58.4 Å². The fraction of sp³-hybridized carbons (Fsp3) is 0.583. The first-order valence-corrected chi connectivity index (χ1v) is 12.9. The standard InChI is InChI=1S/C24H36O7S/c1-3-5-7-9-19(25)16-30-21-12-13-22-18(15-21)11-14-23(24(22)32(27,28)29)31-17-20(26)10-8-6-4-2/h11-15,19-20,25-26H,3-10,16-17H2,1-2H3,(H,27,28,29). The number of benzene rings is 2. The molecule has 180 valence electrons. The van der Waals surface area contributed by atoms with Crippen molar-refractivity contribution in [1.29, 1.82) is 0 Å². The predicted octanol–water partition coefficient (Wildman–Crippen LogP) is 4.73. The predicted molar refractivity (Wildman–Crippen MR) is 125 cm³/mol. The SMILES string of the molecule is CCCCCC(O)COc1ccc2c(S(=O)(=O)O)c(OCC(O)CCCCC)ccc2c1. The summed E-state index contributed by atoms with van der Waals surface area (Å²) in [5.74, 6) is 0.489. The average Bonchev–Trinajstić information content (AvgIpc) is 2.75. The molecule has 2 unspecified atom stereocenters. The maximum Gasteiger partial charge on any atom is 0.298 e. The number of ether oxygens (including phenoxy) is 2. The summed E-state index contributed by atoms with van der Waals surface area (Å²) in [6.45, 7) is 4.26. The van der Waals surface area contributed by atoms with Gasteiger partial charge in [0, 0.05) is 5.39 Å². The van der Waals surface area contributed by atoms with Gasteiger partial charge in [0.25, 0.3) is 10.1 Å². The summed E-state index contributed by atoms with van der Waals surface area (Å²) in [6, 6.07) is 7.94. The molecule has 2 aromatic rings. The third-order valence-corrected chi connectivity index (χ3v) is 6.26. The topological polar surface area (TPSA) is 113 Å². The van der Waals surface area contributed by atoms with Crippen molar-refractivity contribution >= 4 is 20.9 Å². The van der Waals surface area contributed by atoms with E-state index in [2.05, 4.69) is 13.8 Å². The largest absolute Gasteiger partial charge is 0.491 e. The molecule has 2 atom stereocenters. The van der Waals surface area contributed by atoms with Crippen LogP contribution < -0.4 is 9.47 Å². The molecule has 2 aromatic carbocycles. The van der Waals surface area contributed by atoms with Gasteiger partial charge < -0.3 is 19.7 Å². The molecule has 32 heavy (non-hydrogen) atoms. The molecule has 0 spiro atoms. The highest BCUT2D eigenvalue weighted by atomic mass is 32.2. The number of aliphatic hydroxyl groups is 2. The van der Waals surface area contributed by atoms with E-state index in [4.69, 9.17) is 9.47 Å². The molecule has 0 saturated carbocycles. The maximum absolute atomic E-state index is 12.1. The van der Waals surface area contributed by atoms with Gasteiger partial charge >= 0.3 is 0 Å². The smallest absolute Gasteiger partial charge is 0.298 e. The summed E-state index contributed by atoms with van der Waals surface area (Å²) in [7, 11) is -4.57. The molecule has 0 radical (unpaired) electrons.